The van der Waals surface area contributed by atoms with Gasteiger partial charge >= 0.3 is 0 Å². The number of nitrogens with one attached hydrogen (secondary N) is 3. The molecule has 0 saturated carbocycles. The van der Waals surface area contributed by atoms with Crippen molar-refractivity contribution in [3.05, 3.63) is 41.2 Å². The summed E-state index contributed by atoms with van der Waals surface area (Å²) in [6.45, 7) is 0. The van der Waals surface area contributed by atoms with E-state index in [2.05, 4.69) is 26.1 Å². The highest BCUT2D eigenvalue weighted by atomic mass is 35.5. The van der Waals surface area contributed by atoms with E-state index in [0.29, 0.717) is 27.9 Å². The van der Waals surface area contributed by atoms with Crippen LogP contribution in [0.1, 0.15) is 10.4 Å². The van der Waals surface area contributed by atoms with Crippen LogP contribution in [0.4, 0.5) is 17.3 Å². The van der Waals surface area contributed by atoms with Gasteiger partial charge in [0.1, 0.15) is 12.0 Å². The van der Waals surface area contributed by atoms with Crippen LogP contribution in [0.15, 0.2) is 30.6 Å². The number of rotatable bonds is 4. The van der Waals surface area contributed by atoms with E-state index in [0.717, 1.165) is 0 Å². The van der Waals surface area contributed by atoms with Crippen molar-refractivity contribution in [2.45, 2.75) is 0 Å². The number of halogens is 1. The first-order chi connectivity index (χ1) is 9.61. The first-order valence-electron chi connectivity index (χ1n) is 5.72. The molecule has 20 heavy (non-hydrogen) atoms. The normalized spacial score (nSPS) is 9.90. The topological polar surface area (TPSA) is 105 Å². The Morgan fingerprint density at radius 3 is 2.50 bits per heavy atom. The minimum atomic E-state index is -0.328. The van der Waals surface area contributed by atoms with Crippen molar-refractivity contribution in [2.75, 3.05) is 23.5 Å². The minimum Gasteiger partial charge on any atom is -0.393 e. The first-order valence-corrected chi connectivity index (χ1v) is 6.09. The maximum Gasteiger partial charge on any atom is 0.269 e. The fourth-order valence-electron chi connectivity index (χ4n) is 1.48. The van der Waals surface area contributed by atoms with Crippen molar-refractivity contribution in [1.82, 2.24) is 15.4 Å². The Morgan fingerprint density at radius 2 is 1.85 bits per heavy atom. The van der Waals surface area contributed by atoms with Crippen LogP contribution in [0.3, 0.4) is 0 Å². The Hall–Kier alpha value is -2.54. The molecule has 0 radical (unpaired) electrons. The predicted molar refractivity (Wildman–Crippen MR) is 78.5 cm³/mol. The van der Waals surface area contributed by atoms with Crippen molar-refractivity contribution in [3.8, 4) is 0 Å². The van der Waals surface area contributed by atoms with Crippen molar-refractivity contribution in [3.63, 3.8) is 0 Å². The molecule has 8 heteroatoms. The third-order valence-electron chi connectivity index (χ3n) is 2.52. The predicted octanol–water partition coefficient (Wildman–Crippen LogP) is 1.51. The summed E-state index contributed by atoms with van der Waals surface area (Å²) in [7, 11) is 1.69. The monoisotopic (exact) mass is 292 g/mol. The van der Waals surface area contributed by atoms with Crippen molar-refractivity contribution < 1.29 is 4.79 Å². The Kier molecular flexibility index (Phi) is 4.21. The summed E-state index contributed by atoms with van der Waals surface area (Å²) < 4.78 is 0. The highest BCUT2D eigenvalue weighted by Gasteiger charge is 2.09. The molecule has 1 amide bonds. The number of carbonyl (C=O) groups is 1. The summed E-state index contributed by atoms with van der Waals surface area (Å²) in [4.78, 5) is 19.8. The summed E-state index contributed by atoms with van der Waals surface area (Å²) in [6, 6.07) is 6.49. The molecule has 2 aromatic rings. The molecule has 104 valence electrons. The van der Waals surface area contributed by atoms with E-state index in [-0.39, 0.29) is 5.91 Å². The molecule has 0 unspecified atom stereocenters. The van der Waals surface area contributed by atoms with E-state index in [1.165, 1.54) is 6.33 Å². The van der Waals surface area contributed by atoms with Gasteiger partial charge in [0, 0.05) is 17.6 Å². The number of nitrogens with zero attached hydrogens (tertiary/aromatic N) is 2. The lowest BCUT2D eigenvalue weighted by Gasteiger charge is -2.11. The smallest absolute Gasteiger partial charge is 0.269 e. The Balaban J connectivity index is 2.05. The molecule has 0 spiro atoms. The number of anilines is 3. The maximum atomic E-state index is 11.9. The van der Waals surface area contributed by atoms with Gasteiger partial charge in [-0.3, -0.25) is 15.6 Å². The second-order valence-corrected chi connectivity index (χ2v) is 4.26. The summed E-state index contributed by atoms with van der Waals surface area (Å²) in [5.41, 5.74) is 11.7. The van der Waals surface area contributed by atoms with Crippen LogP contribution >= 0.6 is 11.6 Å². The summed E-state index contributed by atoms with van der Waals surface area (Å²) in [5.74, 6) is 0.459. The van der Waals surface area contributed by atoms with Gasteiger partial charge in [0.2, 0.25) is 0 Å². The zero-order valence-electron chi connectivity index (χ0n) is 10.6. The average Bonchev–Trinajstić information content (AvgIpc) is 2.46. The van der Waals surface area contributed by atoms with Crippen LogP contribution in [0.5, 0.6) is 0 Å². The van der Waals surface area contributed by atoms with Gasteiger partial charge in [-0.25, -0.2) is 9.97 Å². The highest BCUT2D eigenvalue weighted by molar-refractivity contribution is 6.30. The molecule has 5 N–H and O–H groups in total. The minimum absolute atomic E-state index is 0.311. The number of hydrazine groups is 1. The molecule has 0 atom stereocenters. The molecular weight excluding hydrogens is 280 g/mol. The summed E-state index contributed by atoms with van der Waals surface area (Å²) in [6.07, 6.45) is 1.33. The number of hydrogen-bond acceptors (Lipinski definition) is 6. The first kappa shape index (κ1) is 13.9. The van der Waals surface area contributed by atoms with E-state index in [4.69, 9.17) is 17.3 Å². The van der Waals surface area contributed by atoms with E-state index >= 15 is 0 Å². The van der Waals surface area contributed by atoms with E-state index < -0.39 is 0 Å². The second-order valence-electron chi connectivity index (χ2n) is 3.82. The zero-order valence-corrected chi connectivity index (χ0v) is 11.4. The number of hydrogen-bond donors (Lipinski definition) is 4. The van der Waals surface area contributed by atoms with Gasteiger partial charge in [0.05, 0.1) is 0 Å². The molecule has 1 heterocycles. The summed E-state index contributed by atoms with van der Waals surface area (Å²) >= 11 is 5.76. The lowest BCUT2D eigenvalue weighted by Crippen LogP contribution is -2.30. The molecule has 7 nitrogen and oxygen atoms in total. The van der Waals surface area contributed by atoms with Crippen LogP contribution in [0, 0.1) is 0 Å². The Morgan fingerprint density at radius 1 is 1.20 bits per heavy atom. The average molecular weight is 293 g/mol. The number of carbonyl (C=O) groups excluding carboxylic acids is 1. The van der Waals surface area contributed by atoms with Gasteiger partial charge in [-0.2, -0.15) is 0 Å². The van der Waals surface area contributed by atoms with Crippen molar-refractivity contribution >= 4 is 34.8 Å². The van der Waals surface area contributed by atoms with Crippen LogP contribution in [0.2, 0.25) is 5.02 Å². The van der Waals surface area contributed by atoms with Gasteiger partial charge in [-0.1, -0.05) is 11.6 Å². The molecular formula is C12H13ClN6O. The molecule has 2 rings (SSSR count). The number of amides is 1. The van der Waals surface area contributed by atoms with E-state index in [9.17, 15) is 4.79 Å². The van der Waals surface area contributed by atoms with Gasteiger partial charge in [0.15, 0.2) is 11.6 Å². The Labute approximate surface area is 120 Å². The molecule has 1 aromatic carbocycles. The molecule has 0 fully saturated rings. The van der Waals surface area contributed by atoms with Gasteiger partial charge in [-0.15, -0.1) is 0 Å². The van der Waals surface area contributed by atoms with E-state index in [1.54, 1.807) is 31.3 Å². The SMILES string of the molecule is CNc1ncnc(NNC(=O)c2ccc(Cl)cc2)c1N. The van der Waals surface area contributed by atoms with E-state index in [1.807, 2.05) is 0 Å². The quantitative estimate of drug-likeness (QED) is 0.637. The molecule has 0 aliphatic heterocycles. The summed E-state index contributed by atoms with van der Waals surface area (Å²) in [5, 5.41) is 3.38. The standard InChI is InChI=1S/C12H13ClN6O/c1-15-10-9(14)11(17-6-16-10)18-19-12(20)7-2-4-8(13)5-3-7/h2-6H,14H2,1H3,(H,19,20)(H2,15,16,17,18). The van der Waals surface area contributed by atoms with Crippen LogP contribution in [0.25, 0.3) is 0 Å². The number of benzene rings is 1. The fraction of sp³-hybridized carbons (Fsp3) is 0.0833. The number of nitrogen functional groups attached to an aromatic ring is 1. The lowest BCUT2D eigenvalue weighted by molar-refractivity contribution is 0.0962. The van der Waals surface area contributed by atoms with Crippen LogP contribution < -0.4 is 21.9 Å². The highest BCUT2D eigenvalue weighted by Crippen LogP contribution is 2.20. The third kappa shape index (κ3) is 3.07. The van der Waals surface area contributed by atoms with Crippen LogP contribution in [-0.4, -0.2) is 22.9 Å². The molecule has 0 bridgehead atoms. The van der Waals surface area contributed by atoms with Crippen molar-refractivity contribution in [2.24, 2.45) is 0 Å². The van der Waals surface area contributed by atoms with Gasteiger partial charge < -0.3 is 11.1 Å². The molecule has 0 aliphatic carbocycles. The number of aromatic nitrogens is 2. The van der Waals surface area contributed by atoms with Crippen LogP contribution in [-0.2, 0) is 0 Å². The number of nitrogens with two attached hydrogens (primary N) is 1. The Bertz CT molecular complexity index is 616. The van der Waals surface area contributed by atoms with Gasteiger partial charge in [-0.05, 0) is 24.3 Å². The molecule has 0 saturated heterocycles. The fourth-order valence-corrected chi connectivity index (χ4v) is 1.61. The second kappa shape index (κ2) is 6.07. The lowest BCUT2D eigenvalue weighted by atomic mass is 10.2. The maximum absolute atomic E-state index is 11.9. The zero-order chi connectivity index (χ0) is 14.5. The largest absolute Gasteiger partial charge is 0.393 e. The third-order valence-corrected chi connectivity index (χ3v) is 2.77. The molecule has 1 aromatic heterocycles. The molecule has 0 aliphatic rings. The van der Waals surface area contributed by atoms with Gasteiger partial charge in [0.25, 0.3) is 5.91 Å². The van der Waals surface area contributed by atoms with Crippen molar-refractivity contribution in [1.29, 1.82) is 0 Å².